The summed E-state index contributed by atoms with van der Waals surface area (Å²) in [4.78, 5) is 6.88. The van der Waals surface area contributed by atoms with E-state index in [-0.39, 0.29) is 0 Å². The number of nitrogens with zero attached hydrogens (tertiary/aromatic N) is 2. The largest absolute Gasteiger partial charge is 0.373 e. The van der Waals surface area contributed by atoms with Crippen molar-refractivity contribution in [3.8, 4) is 0 Å². The van der Waals surface area contributed by atoms with Gasteiger partial charge in [0.2, 0.25) is 0 Å². The van der Waals surface area contributed by atoms with Crippen LogP contribution in [-0.4, -0.2) is 55.8 Å². The molecule has 2 aliphatic rings. The van der Waals surface area contributed by atoms with E-state index < -0.39 is 0 Å². The second-order valence-corrected chi connectivity index (χ2v) is 6.32. The van der Waals surface area contributed by atoms with Crippen LogP contribution in [0.25, 0.3) is 0 Å². The van der Waals surface area contributed by atoms with E-state index in [4.69, 9.17) is 10.5 Å². The molecule has 0 radical (unpaired) electrons. The SMILES string of the molecule is CC1CN(CCCNC(N)=NCC2CCC2)CC(C)O1. The number of nitrogens with one attached hydrogen (secondary N) is 1. The number of hydrogen-bond donors (Lipinski definition) is 2. The highest BCUT2D eigenvalue weighted by atomic mass is 16.5. The van der Waals surface area contributed by atoms with Gasteiger partial charge in [0.1, 0.15) is 0 Å². The lowest BCUT2D eigenvalue weighted by Gasteiger charge is -2.35. The predicted octanol–water partition coefficient (Wildman–Crippen LogP) is 1.19. The van der Waals surface area contributed by atoms with E-state index in [1.54, 1.807) is 0 Å². The van der Waals surface area contributed by atoms with Crippen molar-refractivity contribution >= 4 is 5.96 Å². The molecule has 2 rings (SSSR count). The van der Waals surface area contributed by atoms with Gasteiger partial charge in [-0.3, -0.25) is 9.89 Å². The molecule has 0 amide bonds. The first-order chi connectivity index (χ1) is 9.63. The predicted molar refractivity (Wildman–Crippen MR) is 82.9 cm³/mol. The third-order valence-electron chi connectivity index (χ3n) is 4.20. The van der Waals surface area contributed by atoms with Gasteiger partial charge in [-0.05, 0) is 39.0 Å². The molecule has 1 saturated carbocycles. The third-order valence-corrected chi connectivity index (χ3v) is 4.20. The summed E-state index contributed by atoms with van der Waals surface area (Å²) in [6.45, 7) is 9.27. The van der Waals surface area contributed by atoms with Crippen molar-refractivity contribution in [1.29, 1.82) is 0 Å². The molecule has 2 fully saturated rings. The average molecular weight is 282 g/mol. The van der Waals surface area contributed by atoms with Crippen LogP contribution in [0.1, 0.15) is 39.5 Å². The lowest BCUT2D eigenvalue weighted by molar-refractivity contribution is -0.0679. The van der Waals surface area contributed by atoms with Crippen LogP contribution in [0.4, 0.5) is 0 Å². The Morgan fingerprint density at radius 2 is 2.00 bits per heavy atom. The number of nitrogens with two attached hydrogens (primary N) is 1. The van der Waals surface area contributed by atoms with Crippen molar-refractivity contribution in [3.05, 3.63) is 0 Å². The summed E-state index contributed by atoms with van der Waals surface area (Å²) in [5.74, 6) is 1.40. The monoisotopic (exact) mass is 282 g/mol. The maximum Gasteiger partial charge on any atom is 0.188 e. The van der Waals surface area contributed by atoms with E-state index in [9.17, 15) is 0 Å². The standard InChI is InChI=1S/C15H30N4O/c1-12-10-19(11-13(2)20-12)8-4-7-17-15(16)18-9-14-5-3-6-14/h12-14H,3-11H2,1-2H3,(H3,16,17,18). The first-order valence-electron chi connectivity index (χ1n) is 8.05. The quantitative estimate of drug-likeness (QED) is 0.436. The van der Waals surface area contributed by atoms with Crippen molar-refractivity contribution in [2.75, 3.05) is 32.7 Å². The number of guanidine groups is 1. The minimum absolute atomic E-state index is 0.348. The van der Waals surface area contributed by atoms with Gasteiger partial charge in [0.25, 0.3) is 0 Å². The first kappa shape index (κ1) is 15.6. The van der Waals surface area contributed by atoms with Crippen LogP contribution >= 0.6 is 0 Å². The molecular weight excluding hydrogens is 252 g/mol. The van der Waals surface area contributed by atoms with Gasteiger partial charge in [-0.15, -0.1) is 0 Å². The van der Waals surface area contributed by atoms with Crippen molar-refractivity contribution < 1.29 is 4.74 Å². The smallest absolute Gasteiger partial charge is 0.188 e. The highest BCUT2D eigenvalue weighted by Crippen LogP contribution is 2.26. The molecule has 0 bridgehead atoms. The van der Waals surface area contributed by atoms with Crippen LogP contribution in [0.15, 0.2) is 4.99 Å². The molecule has 2 atom stereocenters. The highest BCUT2D eigenvalue weighted by molar-refractivity contribution is 5.77. The molecule has 5 heteroatoms. The second-order valence-electron chi connectivity index (χ2n) is 6.32. The van der Waals surface area contributed by atoms with Gasteiger partial charge in [0.15, 0.2) is 5.96 Å². The topological polar surface area (TPSA) is 62.9 Å². The Morgan fingerprint density at radius 3 is 2.60 bits per heavy atom. The molecule has 1 aliphatic carbocycles. The van der Waals surface area contributed by atoms with Crippen LogP contribution in [-0.2, 0) is 4.74 Å². The van der Waals surface area contributed by atoms with Crippen LogP contribution in [0.3, 0.4) is 0 Å². The Bertz CT molecular complexity index is 307. The fourth-order valence-electron chi connectivity index (χ4n) is 2.94. The van der Waals surface area contributed by atoms with Crippen molar-refractivity contribution in [2.45, 2.75) is 51.7 Å². The van der Waals surface area contributed by atoms with Gasteiger partial charge in [-0.1, -0.05) is 6.42 Å². The Labute approximate surface area is 122 Å². The summed E-state index contributed by atoms with van der Waals surface area (Å²) in [7, 11) is 0. The van der Waals surface area contributed by atoms with Gasteiger partial charge in [-0.25, -0.2) is 0 Å². The van der Waals surface area contributed by atoms with Crippen molar-refractivity contribution in [1.82, 2.24) is 10.2 Å². The molecular formula is C15H30N4O. The van der Waals surface area contributed by atoms with Crippen LogP contribution < -0.4 is 11.1 Å². The zero-order chi connectivity index (χ0) is 14.4. The molecule has 0 aromatic heterocycles. The number of morpholine rings is 1. The molecule has 5 nitrogen and oxygen atoms in total. The number of ether oxygens (including phenoxy) is 1. The normalized spacial score (nSPS) is 29.2. The Morgan fingerprint density at radius 1 is 1.30 bits per heavy atom. The maximum absolute atomic E-state index is 5.87. The molecule has 0 aromatic rings. The Kier molecular flexibility index (Phi) is 6.10. The van der Waals surface area contributed by atoms with Crippen molar-refractivity contribution in [2.24, 2.45) is 16.6 Å². The van der Waals surface area contributed by atoms with Gasteiger partial charge >= 0.3 is 0 Å². The second kappa shape index (κ2) is 7.84. The third kappa shape index (κ3) is 5.29. The summed E-state index contributed by atoms with van der Waals surface area (Å²) >= 11 is 0. The van der Waals surface area contributed by atoms with E-state index in [1.165, 1.54) is 19.3 Å². The molecule has 0 spiro atoms. The van der Waals surface area contributed by atoms with E-state index in [1.807, 2.05) is 0 Å². The fraction of sp³-hybridized carbons (Fsp3) is 0.933. The molecule has 1 saturated heterocycles. The van der Waals surface area contributed by atoms with E-state index in [2.05, 4.69) is 29.1 Å². The molecule has 116 valence electrons. The zero-order valence-electron chi connectivity index (χ0n) is 13.0. The minimum atomic E-state index is 0.348. The fourth-order valence-corrected chi connectivity index (χ4v) is 2.94. The average Bonchev–Trinajstić information content (AvgIpc) is 2.31. The first-order valence-corrected chi connectivity index (χ1v) is 8.05. The van der Waals surface area contributed by atoms with E-state index in [0.717, 1.165) is 45.1 Å². The summed E-state index contributed by atoms with van der Waals surface area (Å²) < 4.78 is 5.73. The van der Waals surface area contributed by atoms with E-state index in [0.29, 0.717) is 18.2 Å². The van der Waals surface area contributed by atoms with E-state index >= 15 is 0 Å². The molecule has 0 aromatic carbocycles. The lowest BCUT2D eigenvalue weighted by Crippen LogP contribution is -2.46. The molecule has 3 N–H and O–H groups in total. The Hall–Kier alpha value is -0.810. The Balaban J connectivity index is 1.54. The van der Waals surface area contributed by atoms with Crippen LogP contribution in [0.2, 0.25) is 0 Å². The number of rotatable bonds is 6. The molecule has 20 heavy (non-hydrogen) atoms. The highest BCUT2D eigenvalue weighted by Gasteiger charge is 2.21. The molecule has 2 unspecified atom stereocenters. The van der Waals surface area contributed by atoms with Gasteiger partial charge in [0, 0.05) is 32.7 Å². The zero-order valence-corrected chi connectivity index (χ0v) is 13.0. The number of hydrogen-bond acceptors (Lipinski definition) is 3. The van der Waals surface area contributed by atoms with Crippen LogP contribution in [0.5, 0.6) is 0 Å². The molecule has 1 aliphatic heterocycles. The van der Waals surface area contributed by atoms with Gasteiger partial charge in [0.05, 0.1) is 12.2 Å². The summed E-state index contributed by atoms with van der Waals surface area (Å²) in [6.07, 6.45) is 5.80. The van der Waals surface area contributed by atoms with Gasteiger partial charge < -0.3 is 15.8 Å². The summed E-state index contributed by atoms with van der Waals surface area (Å²) in [5, 5.41) is 3.22. The number of aliphatic imine (C=N–C) groups is 1. The maximum atomic E-state index is 5.87. The minimum Gasteiger partial charge on any atom is -0.373 e. The molecule has 1 heterocycles. The van der Waals surface area contributed by atoms with Crippen LogP contribution in [0, 0.1) is 5.92 Å². The van der Waals surface area contributed by atoms with Crippen molar-refractivity contribution in [3.63, 3.8) is 0 Å². The lowest BCUT2D eigenvalue weighted by atomic mass is 9.86. The van der Waals surface area contributed by atoms with Gasteiger partial charge in [-0.2, -0.15) is 0 Å². The summed E-state index contributed by atoms with van der Waals surface area (Å²) in [6, 6.07) is 0. The summed E-state index contributed by atoms with van der Waals surface area (Å²) in [5.41, 5.74) is 5.87.